The summed E-state index contributed by atoms with van der Waals surface area (Å²) < 4.78 is 2.20. The molecule has 0 saturated carbocycles. The van der Waals surface area contributed by atoms with Gasteiger partial charge in [0.05, 0.1) is 17.1 Å². The van der Waals surface area contributed by atoms with Crippen LogP contribution in [0.15, 0.2) is 48.5 Å². The van der Waals surface area contributed by atoms with Crippen LogP contribution in [0.5, 0.6) is 0 Å². The second kappa shape index (κ2) is 5.88. The molecule has 0 unspecified atom stereocenters. The van der Waals surface area contributed by atoms with Crippen molar-refractivity contribution in [2.75, 3.05) is 0 Å². The van der Waals surface area contributed by atoms with Crippen LogP contribution in [0.1, 0.15) is 30.8 Å². The predicted octanol–water partition coefficient (Wildman–Crippen LogP) is 4.15. The average molecular weight is 300 g/mol. The highest BCUT2D eigenvalue weighted by Crippen LogP contribution is 2.23. The maximum absolute atomic E-state index is 6.23. The largest absolute Gasteiger partial charge is 0.322 e. The second-order valence-corrected chi connectivity index (χ2v) is 5.62. The Hall–Kier alpha value is -1.84. The third-order valence-electron chi connectivity index (χ3n) is 3.71. The number of hydrogen-bond donors (Lipinski definition) is 1. The lowest BCUT2D eigenvalue weighted by molar-refractivity contribution is 0.605. The Morgan fingerprint density at radius 3 is 2.57 bits per heavy atom. The minimum atomic E-state index is -0.0512. The standard InChI is InChI=1S/C17H18ClN3/c1-2-14(19)17-20-15-5-3-4-6-16(15)21(17)11-12-7-9-13(18)10-8-12/h3-10,14H,2,11,19H2,1H3/t14-/m1/s1. The van der Waals surface area contributed by atoms with E-state index in [9.17, 15) is 0 Å². The van der Waals surface area contributed by atoms with Gasteiger partial charge in [-0.2, -0.15) is 0 Å². The van der Waals surface area contributed by atoms with Crippen molar-refractivity contribution in [3.63, 3.8) is 0 Å². The first-order valence-electron chi connectivity index (χ1n) is 7.14. The molecule has 2 aromatic carbocycles. The molecular formula is C17H18ClN3. The van der Waals surface area contributed by atoms with E-state index in [1.807, 2.05) is 42.5 Å². The van der Waals surface area contributed by atoms with Crippen LogP contribution in [-0.2, 0) is 6.54 Å². The van der Waals surface area contributed by atoms with Gasteiger partial charge in [0.15, 0.2) is 0 Å². The van der Waals surface area contributed by atoms with E-state index in [2.05, 4.69) is 17.6 Å². The zero-order valence-electron chi connectivity index (χ0n) is 12.0. The molecule has 21 heavy (non-hydrogen) atoms. The van der Waals surface area contributed by atoms with Crippen molar-refractivity contribution in [2.24, 2.45) is 5.73 Å². The van der Waals surface area contributed by atoms with Gasteiger partial charge < -0.3 is 10.3 Å². The van der Waals surface area contributed by atoms with Gasteiger partial charge >= 0.3 is 0 Å². The Labute approximate surface area is 129 Å². The van der Waals surface area contributed by atoms with Crippen LogP contribution in [0.2, 0.25) is 5.02 Å². The van der Waals surface area contributed by atoms with Crippen molar-refractivity contribution in [1.82, 2.24) is 9.55 Å². The minimum Gasteiger partial charge on any atom is -0.322 e. The Kier molecular flexibility index (Phi) is 3.95. The number of rotatable bonds is 4. The fourth-order valence-corrected chi connectivity index (χ4v) is 2.62. The van der Waals surface area contributed by atoms with Gasteiger partial charge in [0.2, 0.25) is 0 Å². The van der Waals surface area contributed by atoms with Crippen LogP contribution >= 0.6 is 11.6 Å². The second-order valence-electron chi connectivity index (χ2n) is 5.19. The normalized spacial score (nSPS) is 12.7. The summed E-state index contributed by atoms with van der Waals surface area (Å²) in [4.78, 5) is 4.71. The SMILES string of the molecule is CC[C@@H](N)c1nc2ccccc2n1Cc1ccc(Cl)cc1. The monoisotopic (exact) mass is 299 g/mol. The molecule has 1 heterocycles. The predicted molar refractivity (Wildman–Crippen MR) is 87.5 cm³/mol. The smallest absolute Gasteiger partial charge is 0.127 e. The molecule has 0 aliphatic carbocycles. The highest BCUT2D eigenvalue weighted by atomic mass is 35.5. The molecule has 1 atom stereocenters. The lowest BCUT2D eigenvalue weighted by Crippen LogP contribution is -2.16. The molecule has 0 radical (unpaired) electrons. The fourth-order valence-electron chi connectivity index (χ4n) is 2.50. The van der Waals surface area contributed by atoms with Gasteiger partial charge in [-0.3, -0.25) is 0 Å². The summed E-state index contributed by atoms with van der Waals surface area (Å²) in [5, 5.41) is 0.750. The first-order valence-corrected chi connectivity index (χ1v) is 7.52. The molecule has 3 nitrogen and oxygen atoms in total. The number of nitrogens with two attached hydrogens (primary N) is 1. The Bertz CT molecular complexity index is 746. The summed E-state index contributed by atoms with van der Waals surface area (Å²) in [6, 6.07) is 16.0. The van der Waals surface area contributed by atoms with Gasteiger partial charge in [-0.05, 0) is 36.2 Å². The molecule has 0 aliphatic rings. The van der Waals surface area contributed by atoms with E-state index in [1.54, 1.807) is 0 Å². The molecule has 1 aromatic heterocycles. The molecule has 2 N–H and O–H groups in total. The third kappa shape index (κ3) is 2.80. The molecule has 0 saturated heterocycles. The van der Waals surface area contributed by atoms with Crippen LogP contribution in [-0.4, -0.2) is 9.55 Å². The maximum atomic E-state index is 6.23. The van der Waals surface area contributed by atoms with E-state index in [1.165, 1.54) is 5.56 Å². The van der Waals surface area contributed by atoms with E-state index >= 15 is 0 Å². The first-order chi connectivity index (χ1) is 10.2. The number of halogens is 1. The number of fused-ring (bicyclic) bond motifs is 1. The molecule has 0 aliphatic heterocycles. The molecule has 3 rings (SSSR count). The Morgan fingerprint density at radius 1 is 1.14 bits per heavy atom. The number of hydrogen-bond acceptors (Lipinski definition) is 2. The molecule has 0 fully saturated rings. The lowest BCUT2D eigenvalue weighted by atomic mass is 10.2. The minimum absolute atomic E-state index is 0.0512. The van der Waals surface area contributed by atoms with Crippen molar-refractivity contribution < 1.29 is 0 Å². The van der Waals surface area contributed by atoms with Gasteiger partial charge in [-0.25, -0.2) is 4.98 Å². The summed E-state index contributed by atoms with van der Waals surface area (Å²) >= 11 is 5.95. The number of aromatic nitrogens is 2. The number of nitrogens with zero attached hydrogens (tertiary/aromatic N) is 2. The summed E-state index contributed by atoms with van der Waals surface area (Å²) in [7, 11) is 0. The molecule has 0 amide bonds. The number of para-hydroxylation sites is 2. The molecular weight excluding hydrogens is 282 g/mol. The highest BCUT2D eigenvalue weighted by molar-refractivity contribution is 6.30. The summed E-state index contributed by atoms with van der Waals surface area (Å²) in [5.74, 6) is 0.939. The van der Waals surface area contributed by atoms with Crippen molar-refractivity contribution in [2.45, 2.75) is 25.9 Å². The Morgan fingerprint density at radius 2 is 1.86 bits per heavy atom. The van der Waals surface area contributed by atoms with Gasteiger partial charge in [-0.15, -0.1) is 0 Å². The third-order valence-corrected chi connectivity index (χ3v) is 3.96. The zero-order chi connectivity index (χ0) is 14.8. The molecule has 0 spiro atoms. The van der Waals surface area contributed by atoms with Gasteiger partial charge in [-0.1, -0.05) is 42.8 Å². The van der Waals surface area contributed by atoms with Gasteiger partial charge in [0, 0.05) is 11.6 Å². The van der Waals surface area contributed by atoms with Crippen molar-refractivity contribution in [3.8, 4) is 0 Å². The van der Waals surface area contributed by atoms with E-state index < -0.39 is 0 Å². The van der Waals surface area contributed by atoms with Crippen molar-refractivity contribution in [1.29, 1.82) is 0 Å². The first kappa shape index (κ1) is 14.1. The average Bonchev–Trinajstić information content (AvgIpc) is 2.88. The topological polar surface area (TPSA) is 43.8 Å². The Balaban J connectivity index is 2.08. The van der Waals surface area contributed by atoms with Gasteiger partial charge in [0.1, 0.15) is 5.82 Å². The number of imidazole rings is 1. The zero-order valence-corrected chi connectivity index (χ0v) is 12.7. The van der Waals surface area contributed by atoms with Crippen LogP contribution in [0.25, 0.3) is 11.0 Å². The van der Waals surface area contributed by atoms with Crippen LogP contribution in [0.4, 0.5) is 0 Å². The summed E-state index contributed by atoms with van der Waals surface area (Å²) in [6.07, 6.45) is 0.865. The maximum Gasteiger partial charge on any atom is 0.127 e. The lowest BCUT2D eigenvalue weighted by Gasteiger charge is -2.13. The van der Waals surface area contributed by atoms with Crippen LogP contribution in [0.3, 0.4) is 0 Å². The van der Waals surface area contributed by atoms with E-state index in [0.29, 0.717) is 0 Å². The fraction of sp³-hybridized carbons (Fsp3) is 0.235. The summed E-state index contributed by atoms with van der Waals surface area (Å²) in [5.41, 5.74) is 9.53. The summed E-state index contributed by atoms with van der Waals surface area (Å²) in [6.45, 7) is 2.83. The van der Waals surface area contributed by atoms with Crippen molar-refractivity contribution in [3.05, 3.63) is 64.9 Å². The molecule has 3 aromatic rings. The van der Waals surface area contributed by atoms with Crippen LogP contribution < -0.4 is 5.73 Å². The van der Waals surface area contributed by atoms with E-state index in [4.69, 9.17) is 22.3 Å². The van der Waals surface area contributed by atoms with Crippen molar-refractivity contribution >= 4 is 22.6 Å². The number of benzene rings is 2. The molecule has 4 heteroatoms. The van der Waals surface area contributed by atoms with Gasteiger partial charge in [0.25, 0.3) is 0 Å². The highest BCUT2D eigenvalue weighted by Gasteiger charge is 2.15. The quantitative estimate of drug-likeness (QED) is 0.786. The molecule has 0 bridgehead atoms. The molecule has 108 valence electrons. The van der Waals surface area contributed by atoms with E-state index in [-0.39, 0.29) is 6.04 Å². The van der Waals surface area contributed by atoms with E-state index in [0.717, 1.165) is 34.8 Å². The van der Waals surface area contributed by atoms with Crippen LogP contribution in [0, 0.1) is 0 Å².